The third kappa shape index (κ3) is 2.95. The van der Waals surface area contributed by atoms with Crippen molar-refractivity contribution >= 4 is 29.5 Å². The van der Waals surface area contributed by atoms with Gasteiger partial charge in [0.25, 0.3) is 0 Å². The fourth-order valence-corrected chi connectivity index (χ4v) is 3.04. The van der Waals surface area contributed by atoms with Crippen molar-refractivity contribution in [1.82, 2.24) is 9.80 Å². The Morgan fingerprint density at radius 2 is 2.11 bits per heavy atom. The number of hydrogen-bond acceptors (Lipinski definition) is 4. The smallest absolute Gasteiger partial charge is 0.313 e. The summed E-state index contributed by atoms with van der Waals surface area (Å²) in [6.07, 6.45) is 1.41. The molecule has 18 heavy (non-hydrogen) atoms. The number of piperazine rings is 1. The second kappa shape index (κ2) is 5.60. The summed E-state index contributed by atoms with van der Waals surface area (Å²) in [6, 6.07) is 0.166. The number of hydrogen-bond donors (Lipinski definition) is 1. The lowest BCUT2D eigenvalue weighted by molar-refractivity contribution is -0.137. The largest absolute Gasteiger partial charge is 0.481 e. The van der Waals surface area contributed by atoms with E-state index < -0.39 is 5.97 Å². The molecular weight excluding hydrogens is 256 g/mol. The fraction of sp³-hybridized carbons (Fsp3) is 0.727. The van der Waals surface area contributed by atoms with Gasteiger partial charge in [-0.2, -0.15) is 0 Å². The highest BCUT2D eigenvalue weighted by Gasteiger charge is 2.36. The first kappa shape index (κ1) is 13.2. The molecule has 0 spiro atoms. The minimum atomic E-state index is -0.904. The summed E-state index contributed by atoms with van der Waals surface area (Å²) in [5.74, 6) is -0.591. The molecule has 2 heterocycles. The Morgan fingerprint density at radius 3 is 2.83 bits per heavy atom. The minimum Gasteiger partial charge on any atom is -0.481 e. The van der Waals surface area contributed by atoms with E-state index in [0.717, 1.165) is 18.2 Å². The van der Waals surface area contributed by atoms with Crippen molar-refractivity contribution in [3.63, 3.8) is 0 Å². The van der Waals surface area contributed by atoms with Crippen molar-refractivity contribution in [3.8, 4) is 0 Å². The molecule has 0 radical (unpaired) electrons. The molecule has 2 aliphatic heterocycles. The molecule has 0 bridgehead atoms. The minimum absolute atomic E-state index is 0.0275. The van der Waals surface area contributed by atoms with Crippen molar-refractivity contribution < 1.29 is 19.5 Å². The summed E-state index contributed by atoms with van der Waals surface area (Å²) < 4.78 is 0. The molecule has 0 aliphatic carbocycles. The first-order valence-electron chi connectivity index (χ1n) is 5.94. The van der Waals surface area contributed by atoms with Crippen LogP contribution in [0.4, 0.5) is 0 Å². The molecule has 2 fully saturated rings. The molecule has 0 aromatic rings. The number of carboxylic acid groups (broad SMARTS) is 1. The van der Waals surface area contributed by atoms with Crippen LogP contribution in [0.25, 0.3) is 0 Å². The van der Waals surface area contributed by atoms with Crippen LogP contribution < -0.4 is 0 Å². The van der Waals surface area contributed by atoms with E-state index in [-0.39, 0.29) is 29.4 Å². The van der Waals surface area contributed by atoms with E-state index in [9.17, 15) is 14.4 Å². The summed E-state index contributed by atoms with van der Waals surface area (Å²) >= 11 is 1.12. The molecule has 0 aromatic carbocycles. The Morgan fingerprint density at radius 1 is 1.33 bits per heavy atom. The molecule has 100 valence electrons. The molecule has 2 amide bonds. The lowest BCUT2D eigenvalue weighted by atomic mass is 10.1. The monoisotopic (exact) mass is 272 g/mol. The molecule has 1 atom stereocenters. The van der Waals surface area contributed by atoms with Gasteiger partial charge in [0.1, 0.15) is 0 Å². The van der Waals surface area contributed by atoms with Crippen molar-refractivity contribution in [2.75, 3.05) is 31.1 Å². The third-order valence-electron chi connectivity index (χ3n) is 3.30. The number of thioether (sulfide) groups is 1. The van der Waals surface area contributed by atoms with Gasteiger partial charge in [-0.1, -0.05) is 0 Å². The van der Waals surface area contributed by atoms with Crippen LogP contribution in [0.5, 0.6) is 0 Å². The summed E-state index contributed by atoms with van der Waals surface area (Å²) in [5.41, 5.74) is 0. The number of rotatable bonds is 4. The van der Waals surface area contributed by atoms with Gasteiger partial charge in [0.15, 0.2) is 0 Å². The van der Waals surface area contributed by atoms with E-state index in [1.165, 1.54) is 0 Å². The maximum absolute atomic E-state index is 11.9. The van der Waals surface area contributed by atoms with Crippen LogP contribution in [0.2, 0.25) is 0 Å². The molecule has 1 N–H and O–H groups in total. The summed E-state index contributed by atoms with van der Waals surface area (Å²) in [6.45, 7) is 1.77. The second-order valence-corrected chi connectivity index (χ2v) is 5.49. The molecule has 6 nitrogen and oxygen atoms in total. The van der Waals surface area contributed by atoms with Gasteiger partial charge >= 0.3 is 5.97 Å². The zero-order valence-electron chi connectivity index (χ0n) is 10.0. The van der Waals surface area contributed by atoms with Crippen molar-refractivity contribution in [2.24, 2.45) is 0 Å². The van der Waals surface area contributed by atoms with Crippen LogP contribution >= 0.6 is 11.8 Å². The highest BCUT2D eigenvalue weighted by Crippen LogP contribution is 2.23. The first-order valence-corrected chi connectivity index (χ1v) is 7.10. The average Bonchev–Trinajstić information content (AvgIpc) is 2.70. The van der Waals surface area contributed by atoms with E-state index in [0.29, 0.717) is 26.1 Å². The number of fused-ring (bicyclic) bond motifs is 1. The highest BCUT2D eigenvalue weighted by atomic mass is 32.2. The quantitative estimate of drug-likeness (QED) is 0.756. The Balaban J connectivity index is 1.79. The van der Waals surface area contributed by atoms with Crippen LogP contribution in [0.15, 0.2) is 0 Å². The molecule has 7 heteroatoms. The Hall–Kier alpha value is -1.24. The van der Waals surface area contributed by atoms with Crippen LogP contribution in [0, 0.1) is 0 Å². The summed E-state index contributed by atoms with van der Waals surface area (Å²) in [4.78, 5) is 37.3. The first-order chi connectivity index (χ1) is 8.58. The molecule has 2 saturated heterocycles. The van der Waals surface area contributed by atoms with E-state index in [1.54, 1.807) is 4.90 Å². The Bertz CT molecular complexity index is 374. The Kier molecular flexibility index (Phi) is 4.11. The Labute approximate surface area is 109 Å². The van der Waals surface area contributed by atoms with Gasteiger partial charge in [0.2, 0.25) is 11.8 Å². The number of carboxylic acids is 1. The zero-order chi connectivity index (χ0) is 13.1. The number of amides is 2. The molecule has 2 rings (SSSR count). The van der Waals surface area contributed by atoms with Crippen molar-refractivity contribution in [3.05, 3.63) is 0 Å². The van der Waals surface area contributed by atoms with Gasteiger partial charge < -0.3 is 14.9 Å². The lowest BCUT2D eigenvalue weighted by Crippen LogP contribution is -2.53. The van der Waals surface area contributed by atoms with Crippen LogP contribution in [0.1, 0.15) is 12.8 Å². The summed E-state index contributed by atoms with van der Waals surface area (Å²) in [7, 11) is 0. The van der Waals surface area contributed by atoms with E-state index >= 15 is 0 Å². The van der Waals surface area contributed by atoms with Crippen LogP contribution in [-0.2, 0) is 14.4 Å². The van der Waals surface area contributed by atoms with Gasteiger partial charge in [-0.15, -0.1) is 11.8 Å². The van der Waals surface area contributed by atoms with Crippen LogP contribution in [-0.4, -0.2) is 69.9 Å². The van der Waals surface area contributed by atoms with E-state index in [4.69, 9.17) is 5.11 Å². The SMILES string of the molecule is O=C(O)CSCC(=O)N1CCN2C(=O)CCC2C1. The van der Waals surface area contributed by atoms with Crippen LogP contribution in [0.3, 0.4) is 0 Å². The van der Waals surface area contributed by atoms with E-state index in [1.807, 2.05) is 4.90 Å². The predicted octanol–water partition coefficient (Wildman–Crippen LogP) is -0.363. The van der Waals surface area contributed by atoms with Gasteiger partial charge in [-0.3, -0.25) is 14.4 Å². The fourth-order valence-electron chi connectivity index (χ4n) is 2.41. The highest BCUT2D eigenvalue weighted by molar-refractivity contribution is 8.00. The van der Waals surface area contributed by atoms with Gasteiger partial charge in [0.05, 0.1) is 11.5 Å². The molecular formula is C11H16N2O4S. The lowest BCUT2D eigenvalue weighted by Gasteiger charge is -2.37. The number of carbonyl (C=O) groups is 3. The second-order valence-electron chi connectivity index (χ2n) is 4.51. The van der Waals surface area contributed by atoms with Gasteiger partial charge in [0, 0.05) is 32.1 Å². The summed E-state index contributed by atoms with van der Waals surface area (Å²) in [5, 5.41) is 8.50. The molecule has 2 aliphatic rings. The molecule has 0 aromatic heterocycles. The van der Waals surface area contributed by atoms with Gasteiger partial charge in [-0.25, -0.2) is 0 Å². The average molecular weight is 272 g/mol. The van der Waals surface area contributed by atoms with Crippen molar-refractivity contribution in [1.29, 1.82) is 0 Å². The molecule has 1 unspecified atom stereocenters. The van der Waals surface area contributed by atoms with Crippen molar-refractivity contribution in [2.45, 2.75) is 18.9 Å². The topological polar surface area (TPSA) is 77.9 Å². The number of nitrogens with zero attached hydrogens (tertiary/aromatic N) is 2. The number of carbonyl (C=O) groups excluding carboxylic acids is 2. The van der Waals surface area contributed by atoms with Gasteiger partial charge in [-0.05, 0) is 6.42 Å². The van der Waals surface area contributed by atoms with E-state index in [2.05, 4.69) is 0 Å². The third-order valence-corrected chi connectivity index (χ3v) is 4.20. The maximum Gasteiger partial charge on any atom is 0.313 e. The zero-order valence-corrected chi connectivity index (χ0v) is 10.8. The predicted molar refractivity (Wildman–Crippen MR) is 66.3 cm³/mol. The molecule has 0 saturated carbocycles. The maximum atomic E-state index is 11.9. The standard InChI is InChI=1S/C11H16N2O4S/c14-9-2-1-8-5-12(3-4-13(8)9)10(15)6-18-7-11(16)17/h8H,1-7H2,(H,16,17). The number of aliphatic carboxylic acids is 1. The normalized spacial score (nSPS) is 23.1.